The summed E-state index contributed by atoms with van der Waals surface area (Å²) in [5.41, 5.74) is 0. The zero-order valence-corrected chi connectivity index (χ0v) is 64.4. The third-order valence-corrected chi connectivity index (χ3v) is 17.8. The van der Waals surface area contributed by atoms with Crippen molar-refractivity contribution in [1.29, 1.82) is 0 Å². The molecule has 0 radical (unpaired) electrons. The van der Waals surface area contributed by atoms with Gasteiger partial charge in [0.05, 0.1) is 26.4 Å². The van der Waals surface area contributed by atoms with E-state index in [4.69, 9.17) is 37.0 Å². The van der Waals surface area contributed by atoms with Crippen LogP contribution in [0.2, 0.25) is 0 Å². The van der Waals surface area contributed by atoms with Gasteiger partial charge in [0.25, 0.3) is 0 Å². The minimum Gasteiger partial charge on any atom is -0.462 e. The number of carbonyl (C=O) groups is 4. The van der Waals surface area contributed by atoms with E-state index in [2.05, 4.69) is 149 Å². The number of allylic oxidation sites excluding steroid dienone is 20. The summed E-state index contributed by atoms with van der Waals surface area (Å²) in [4.78, 5) is 72.8. The molecule has 0 fully saturated rings. The Morgan fingerprint density at radius 2 is 0.530 bits per heavy atom. The normalized spacial score (nSPS) is 14.6. The zero-order chi connectivity index (χ0) is 73.2. The molecule has 0 amide bonds. The van der Waals surface area contributed by atoms with Crippen LogP contribution in [0, 0.1) is 0 Å². The molecule has 0 saturated carbocycles. The van der Waals surface area contributed by atoms with Crippen LogP contribution in [-0.4, -0.2) is 96.7 Å². The molecule has 19 heteroatoms. The number of phosphoric acid groups is 2. The number of aliphatic hydroxyl groups is 1. The Morgan fingerprint density at radius 1 is 0.290 bits per heavy atom. The van der Waals surface area contributed by atoms with Crippen molar-refractivity contribution in [2.24, 2.45) is 0 Å². The number of hydrogen-bond acceptors (Lipinski definition) is 15. The summed E-state index contributed by atoms with van der Waals surface area (Å²) in [7, 11) is -9.96. The predicted molar refractivity (Wildman–Crippen MR) is 408 cm³/mol. The molecular formula is C81H138O17P2. The summed E-state index contributed by atoms with van der Waals surface area (Å²) >= 11 is 0. The third kappa shape index (κ3) is 71.8. The van der Waals surface area contributed by atoms with Crippen LogP contribution in [0.1, 0.15) is 310 Å². The summed E-state index contributed by atoms with van der Waals surface area (Å²) in [6.07, 6.45) is 79.1. The van der Waals surface area contributed by atoms with Crippen LogP contribution in [-0.2, 0) is 65.4 Å². The Hall–Kier alpha value is -4.54. The van der Waals surface area contributed by atoms with Crippen molar-refractivity contribution in [1.82, 2.24) is 0 Å². The van der Waals surface area contributed by atoms with Gasteiger partial charge in [0.2, 0.25) is 0 Å². The molecule has 17 nitrogen and oxygen atoms in total. The van der Waals surface area contributed by atoms with Gasteiger partial charge >= 0.3 is 39.5 Å². The highest BCUT2D eigenvalue weighted by atomic mass is 31.2. The SMILES string of the molecule is CC/C=C\C/C=C\C/C=C\C/C=C\C/C=C\CCCCCC(=O)OCC(COP(=O)(O)OCC(O)COP(=O)(O)OCC(COC(=O)CCCCCCCC/C=C\C/C=C\C/C=C\C/C=C\CC)OC(=O)CCCCCCC/C=C\CCCC)OC(=O)CCCCCCCCCCCCC. The second-order valence-electron chi connectivity index (χ2n) is 25.5. The Kier molecular flexibility index (Phi) is 69.5. The topological polar surface area (TPSA) is 237 Å². The molecule has 574 valence electrons. The monoisotopic (exact) mass is 1440 g/mol. The highest BCUT2D eigenvalue weighted by Gasteiger charge is 2.30. The first-order valence-corrected chi connectivity index (χ1v) is 41.8. The lowest BCUT2D eigenvalue weighted by Crippen LogP contribution is -2.30. The van der Waals surface area contributed by atoms with E-state index >= 15 is 0 Å². The van der Waals surface area contributed by atoms with E-state index < -0.39 is 97.5 Å². The molecule has 0 aliphatic carbocycles. The molecule has 5 unspecified atom stereocenters. The average molecular weight is 1450 g/mol. The number of phosphoric ester groups is 2. The van der Waals surface area contributed by atoms with Gasteiger partial charge < -0.3 is 33.8 Å². The summed E-state index contributed by atoms with van der Waals surface area (Å²) in [6.45, 7) is 4.54. The van der Waals surface area contributed by atoms with E-state index in [1.165, 1.54) is 51.4 Å². The summed E-state index contributed by atoms with van der Waals surface area (Å²) in [5.74, 6) is -2.23. The molecule has 0 saturated heterocycles. The summed E-state index contributed by atoms with van der Waals surface area (Å²) < 4.78 is 68.4. The molecule has 5 atom stereocenters. The molecule has 100 heavy (non-hydrogen) atoms. The fourth-order valence-corrected chi connectivity index (χ4v) is 11.6. The predicted octanol–water partition coefficient (Wildman–Crippen LogP) is 22.3. The van der Waals surface area contributed by atoms with Crippen LogP contribution in [0.15, 0.2) is 122 Å². The number of esters is 4. The number of hydrogen-bond donors (Lipinski definition) is 3. The quantitative estimate of drug-likeness (QED) is 0.0169. The summed E-state index contributed by atoms with van der Waals surface area (Å²) in [5, 5.41) is 10.6. The molecule has 0 bridgehead atoms. The number of ether oxygens (including phenoxy) is 4. The molecule has 0 spiro atoms. The van der Waals surface area contributed by atoms with Gasteiger partial charge in [0.15, 0.2) is 12.2 Å². The van der Waals surface area contributed by atoms with Crippen molar-refractivity contribution >= 4 is 39.5 Å². The fraction of sp³-hybridized carbons (Fsp3) is 0.704. The maximum absolute atomic E-state index is 13.1. The van der Waals surface area contributed by atoms with Crippen LogP contribution in [0.25, 0.3) is 0 Å². The lowest BCUT2D eigenvalue weighted by molar-refractivity contribution is -0.161. The van der Waals surface area contributed by atoms with Gasteiger partial charge in [0, 0.05) is 25.7 Å². The highest BCUT2D eigenvalue weighted by Crippen LogP contribution is 2.45. The Balaban J connectivity index is 5.31. The van der Waals surface area contributed by atoms with Crippen molar-refractivity contribution in [2.45, 2.75) is 329 Å². The van der Waals surface area contributed by atoms with Gasteiger partial charge in [-0.1, -0.05) is 278 Å². The van der Waals surface area contributed by atoms with Crippen molar-refractivity contribution in [3.05, 3.63) is 122 Å². The molecule has 0 aromatic carbocycles. The van der Waals surface area contributed by atoms with E-state index in [0.717, 1.165) is 180 Å². The molecule has 0 aliphatic heterocycles. The first-order valence-electron chi connectivity index (χ1n) is 38.8. The minimum absolute atomic E-state index is 0.0791. The minimum atomic E-state index is -4.98. The maximum Gasteiger partial charge on any atom is 0.472 e. The van der Waals surface area contributed by atoms with Gasteiger partial charge in [-0.2, -0.15) is 0 Å². The third-order valence-electron chi connectivity index (χ3n) is 15.9. The Labute approximate surface area is 606 Å². The lowest BCUT2D eigenvalue weighted by atomic mass is 10.1. The van der Waals surface area contributed by atoms with E-state index in [9.17, 15) is 43.2 Å². The zero-order valence-electron chi connectivity index (χ0n) is 62.6. The molecular weight excluding hydrogens is 1310 g/mol. The van der Waals surface area contributed by atoms with Gasteiger partial charge in [0.1, 0.15) is 19.3 Å². The standard InChI is InChI=1S/C81H138O17P2/c1-5-9-13-17-21-25-29-31-33-35-37-39-41-43-47-49-53-57-61-65-78(83)91-71-76(97-80(85)67-63-59-55-51-45-27-23-19-15-11-7-3)73-95-99(87,88)93-69-75(82)70-94-100(89,90)96-74-77(98-81(86)68-64-60-56-52-46-28-24-20-16-12-8-4)72-92-79(84)66-62-58-54-50-48-44-42-40-38-36-34-32-30-26-22-18-14-10-6-2/h9-10,13-14,19,21-23,25-26,31-34,37-40,44,48,75-77,82H,5-8,11-12,15-18,20,24,27-30,35-36,41-43,45-47,49-74H2,1-4H3,(H,87,88)(H,89,90)/b13-9-,14-10-,23-19-,25-21-,26-22-,33-31-,34-32-,39-37-,40-38-,48-44-. The molecule has 0 aromatic heterocycles. The summed E-state index contributed by atoms with van der Waals surface area (Å²) in [6, 6.07) is 0. The molecule has 0 heterocycles. The highest BCUT2D eigenvalue weighted by molar-refractivity contribution is 7.47. The molecule has 0 aliphatic rings. The second kappa shape index (κ2) is 72.8. The Morgan fingerprint density at radius 3 is 0.850 bits per heavy atom. The van der Waals surface area contributed by atoms with Gasteiger partial charge in [-0.05, 0) is 128 Å². The number of rotatable bonds is 72. The van der Waals surface area contributed by atoms with E-state index in [1.807, 2.05) is 0 Å². The van der Waals surface area contributed by atoms with Gasteiger partial charge in [-0.15, -0.1) is 0 Å². The molecule has 3 N–H and O–H groups in total. The first kappa shape index (κ1) is 95.5. The van der Waals surface area contributed by atoms with Crippen LogP contribution < -0.4 is 0 Å². The lowest BCUT2D eigenvalue weighted by Gasteiger charge is -2.21. The van der Waals surface area contributed by atoms with Crippen molar-refractivity contribution in [2.75, 3.05) is 39.6 Å². The van der Waals surface area contributed by atoms with E-state index in [1.54, 1.807) is 0 Å². The smallest absolute Gasteiger partial charge is 0.462 e. The van der Waals surface area contributed by atoms with Crippen molar-refractivity contribution in [3.8, 4) is 0 Å². The van der Waals surface area contributed by atoms with Crippen LogP contribution in [0.3, 0.4) is 0 Å². The van der Waals surface area contributed by atoms with Crippen molar-refractivity contribution in [3.63, 3.8) is 0 Å². The fourth-order valence-electron chi connectivity index (χ4n) is 10.0. The van der Waals surface area contributed by atoms with Gasteiger partial charge in [-0.25, -0.2) is 9.13 Å². The number of carbonyl (C=O) groups excluding carboxylic acids is 4. The van der Waals surface area contributed by atoms with Crippen molar-refractivity contribution < 1.29 is 80.2 Å². The largest absolute Gasteiger partial charge is 0.472 e. The average Bonchev–Trinajstić information content (AvgIpc) is 0.953. The number of aliphatic hydroxyl groups excluding tert-OH is 1. The first-order chi connectivity index (χ1) is 48.7. The second-order valence-corrected chi connectivity index (χ2v) is 28.4. The van der Waals surface area contributed by atoms with Crippen LogP contribution >= 0.6 is 15.6 Å². The Bertz CT molecular complexity index is 2370. The van der Waals surface area contributed by atoms with Crippen LogP contribution in [0.4, 0.5) is 0 Å². The molecule has 0 rings (SSSR count). The van der Waals surface area contributed by atoms with E-state index in [0.29, 0.717) is 25.7 Å². The van der Waals surface area contributed by atoms with Gasteiger partial charge in [-0.3, -0.25) is 37.3 Å². The maximum atomic E-state index is 13.1. The molecule has 0 aromatic rings. The van der Waals surface area contributed by atoms with E-state index in [-0.39, 0.29) is 25.7 Å². The van der Waals surface area contributed by atoms with Crippen LogP contribution in [0.5, 0.6) is 0 Å². The number of unbranched alkanes of at least 4 members (excludes halogenated alkanes) is 26.